The molecule has 6 heteroatoms. The quantitative estimate of drug-likeness (QED) is 0.268. The van der Waals surface area contributed by atoms with Crippen LogP contribution in [-0.2, 0) is 19.1 Å². The maximum absolute atomic E-state index is 13.2. The van der Waals surface area contributed by atoms with Gasteiger partial charge in [0.2, 0.25) is 0 Å². The summed E-state index contributed by atoms with van der Waals surface area (Å²) < 4.78 is 10.8. The molecular weight excluding hydrogens is 412 g/mol. The Morgan fingerprint density at radius 1 is 1.03 bits per heavy atom. The number of thioether (sulfide) groups is 1. The molecule has 0 radical (unpaired) electrons. The molecule has 0 saturated heterocycles. The Kier molecular flexibility index (Phi) is 6.68. The van der Waals surface area contributed by atoms with Crippen molar-refractivity contribution in [2.45, 2.75) is 30.6 Å². The molecule has 0 aliphatic heterocycles. The van der Waals surface area contributed by atoms with Gasteiger partial charge >= 0.3 is 5.97 Å². The van der Waals surface area contributed by atoms with Crippen LogP contribution in [0.4, 0.5) is 0 Å². The fraction of sp³-hybridized carbons (Fsp3) is 0.320. The number of hydrogen-bond acceptors (Lipinski definition) is 6. The Labute approximate surface area is 185 Å². The molecule has 2 atom stereocenters. The number of rotatable bonds is 7. The van der Waals surface area contributed by atoms with Gasteiger partial charge in [-0.25, -0.2) is 4.79 Å². The number of hydrogen-bond donors (Lipinski definition) is 0. The van der Waals surface area contributed by atoms with Gasteiger partial charge in [0.15, 0.2) is 12.6 Å². The fourth-order valence-corrected chi connectivity index (χ4v) is 5.38. The summed E-state index contributed by atoms with van der Waals surface area (Å²) in [4.78, 5) is 40.3. The van der Waals surface area contributed by atoms with Gasteiger partial charge in [-0.3, -0.25) is 9.59 Å². The van der Waals surface area contributed by atoms with E-state index in [4.69, 9.17) is 9.47 Å². The standard InChI is InChI=1S/C25H24O5S/c26-22-13-7-10-19-14-21(31-20-11-5-2-6-12-20)15-23(27)25(19,22)16-29-17-30-24(28)18-8-3-1-4-9-18/h1-6,8-9,11-12,15,19H,7,10,13-14,16-17H2/t19-,25+/m0/s1. The minimum absolute atomic E-state index is 0.0583. The van der Waals surface area contributed by atoms with Crippen LogP contribution in [-0.4, -0.2) is 30.9 Å². The van der Waals surface area contributed by atoms with E-state index >= 15 is 0 Å². The number of allylic oxidation sites excluding steroid dienone is 2. The van der Waals surface area contributed by atoms with Gasteiger partial charge in [-0.05, 0) is 60.4 Å². The van der Waals surface area contributed by atoms with E-state index in [2.05, 4.69) is 0 Å². The van der Waals surface area contributed by atoms with E-state index in [0.717, 1.165) is 22.6 Å². The molecule has 0 N–H and O–H groups in total. The summed E-state index contributed by atoms with van der Waals surface area (Å²) in [7, 11) is 0. The average molecular weight is 437 g/mol. The molecule has 1 fully saturated rings. The predicted molar refractivity (Wildman–Crippen MR) is 117 cm³/mol. The molecule has 2 aliphatic carbocycles. The largest absolute Gasteiger partial charge is 0.435 e. The minimum atomic E-state index is -1.17. The molecule has 4 rings (SSSR count). The smallest absolute Gasteiger partial charge is 0.340 e. The number of esters is 1. The lowest BCUT2D eigenvalue weighted by Crippen LogP contribution is -2.52. The molecule has 1 saturated carbocycles. The highest BCUT2D eigenvalue weighted by atomic mass is 32.2. The molecule has 2 aliphatic rings. The van der Waals surface area contributed by atoms with Gasteiger partial charge in [0.25, 0.3) is 0 Å². The second-order valence-electron chi connectivity index (χ2n) is 7.84. The van der Waals surface area contributed by atoms with Crippen LogP contribution in [0.25, 0.3) is 0 Å². The molecule has 5 nitrogen and oxygen atoms in total. The minimum Gasteiger partial charge on any atom is -0.435 e. The SMILES string of the molecule is O=C(OCOC[C@@]12C(=O)C=C(Sc3ccccc3)C[C@@H]1CCCC2=O)c1ccccc1. The van der Waals surface area contributed by atoms with Gasteiger partial charge in [-0.15, -0.1) is 0 Å². The van der Waals surface area contributed by atoms with Crippen molar-refractivity contribution in [2.24, 2.45) is 11.3 Å². The van der Waals surface area contributed by atoms with E-state index in [1.165, 1.54) is 0 Å². The van der Waals surface area contributed by atoms with Crippen molar-refractivity contribution >= 4 is 29.3 Å². The Morgan fingerprint density at radius 3 is 2.48 bits per heavy atom. The first-order chi connectivity index (χ1) is 15.1. The van der Waals surface area contributed by atoms with E-state index in [9.17, 15) is 14.4 Å². The molecular formula is C25H24O5S. The molecule has 160 valence electrons. The molecule has 0 unspecified atom stereocenters. The molecule has 0 heterocycles. The zero-order valence-corrected chi connectivity index (χ0v) is 17.9. The number of carbonyl (C=O) groups excluding carboxylic acids is 3. The van der Waals surface area contributed by atoms with E-state index in [1.54, 1.807) is 42.1 Å². The van der Waals surface area contributed by atoms with Crippen LogP contribution in [0.15, 0.2) is 76.5 Å². The van der Waals surface area contributed by atoms with E-state index < -0.39 is 11.4 Å². The van der Waals surface area contributed by atoms with Crippen LogP contribution < -0.4 is 0 Å². The second kappa shape index (κ2) is 9.62. The molecule has 2 aromatic carbocycles. The fourth-order valence-electron chi connectivity index (χ4n) is 4.33. The van der Waals surface area contributed by atoms with E-state index in [0.29, 0.717) is 18.4 Å². The highest BCUT2D eigenvalue weighted by molar-refractivity contribution is 8.03. The van der Waals surface area contributed by atoms with Gasteiger partial charge in [-0.2, -0.15) is 0 Å². The number of fused-ring (bicyclic) bond motifs is 1. The molecule has 0 spiro atoms. The number of ketones is 2. The van der Waals surface area contributed by atoms with E-state index in [1.807, 2.05) is 36.4 Å². The van der Waals surface area contributed by atoms with Gasteiger partial charge in [0.05, 0.1) is 12.2 Å². The van der Waals surface area contributed by atoms with Crippen LogP contribution >= 0.6 is 11.8 Å². The van der Waals surface area contributed by atoms with Crippen LogP contribution in [0.5, 0.6) is 0 Å². The molecule has 31 heavy (non-hydrogen) atoms. The summed E-state index contributed by atoms with van der Waals surface area (Å²) in [5.41, 5.74) is -0.742. The predicted octanol–water partition coefficient (Wildman–Crippen LogP) is 4.82. The maximum Gasteiger partial charge on any atom is 0.340 e. The van der Waals surface area contributed by atoms with Gasteiger partial charge in [0, 0.05) is 11.3 Å². The molecule has 0 aromatic heterocycles. The lowest BCUT2D eigenvalue weighted by Gasteiger charge is -2.43. The summed E-state index contributed by atoms with van der Waals surface area (Å²) in [5, 5.41) is 0. The topological polar surface area (TPSA) is 69.7 Å². The number of ether oxygens (including phenoxy) is 2. The van der Waals surface area contributed by atoms with Gasteiger partial charge < -0.3 is 9.47 Å². The van der Waals surface area contributed by atoms with Crippen LogP contribution in [0.2, 0.25) is 0 Å². The van der Waals surface area contributed by atoms with Crippen molar-refractivity contribution in [3.63, 3.8) is 0 Å². The first-order valence-electron chi connectivity index (χ1n) is 10.4. The zero-order valence-electron chi connectivity index (χ0n) is 17.1. The lowest BCUT2D eigenvalue weighted by molar-refractivity contribution is -0.155. The van der Waals surface area contributed by atoms with Crippen molar-refractivity contribution in [3.8, 4) is 0 Å². The van der Waals surface area contributed by atoms with Crippen LogP contribution in [0.1, 0.15) is 36.0 Å². The summed E-state index contributed by atoms with van der Waals surface area (Å²) in [5.74, 6) is -0.854. The average Bonchev–Trinajstić information content (AvgIpc) is 2.79. The van der Waals surface area contributed by atoms with Crippen LogP contribution in [0, 0.1) is 11.3 Å². The summed E-state index contributed by atoms with van der Waals surface area (Å²) >= 11 is 1.57. The third-order valence-corrected chi connectivity index (χ3v) is 6.99. The van der Waals surface area contributed by atoms with Crippen LogP contribution in [0.3, 0.4) is 0 Å². The highest BCUT2D eigenvalue weighted by Crippen LogP contribution is 2.49. The number of Topliss-reactive ketones (excluding diaryl/α,β-unsaturated/α-hetero) is 1. The zero-order chi connectivity index (χ0) is 21.7. The van der Waals surface area contributed by atoms with Crippen molar-refractivity contribution in [2.75, 3.05) is 13.4 Å². The Bertz CT molecular complexity index is 985. The number of carbonyl (C=O) groups is 3. The summed E-state index contributed by atoms with van der Waals surface area (Å²) in [6, 6.07) is 18.5. The first kappa shape index (κ1) is 21.5. The Morgan fingerprint density at radius 2 is 1.74 bits per heavy atom. The molecule has 2 aromatic rings. The monoisotopic (exact) mass is 436 g/mol. The Hall–Kier alpha value is -2.70. The summed E-state index contributed by atoms with van der Waals surface area (Å²) in [6.45, 7) is -0.352. The summed E-state index contributed by atoms with van der Waals surface area (Å²) in [6.07, 6.45) is 4.24. The third-order valence-electron chi connectivity index (χ3n) is 5.94. The number of benzene rings is 2. The third kappa shape index (κ3) is 4.65. The van der Waals surface area contributed by atoms with Gasteiger partial charge in [0.1, 0.15) is 11.2 Å². The maximum atomic E-state index is 13.2. The van der Waals surface area contributed by atoms with Crippen molar-refractivity contribution in [1.82, 2.24) is 0 Å². The first-order valence-corrected chi connectivity index (χ1v) is 11.2. The second-order valence-corrected chi connectivity index (χ2v) is 9.04. The normalized spacial score (nSPS) is 23.1. The highest BCUT2D eigenvalue weighted by Gasteiger charge is 2.54. The molecule has 0 amide bonds. The van der Waals surface area contributed by atoms with Gasteiger partial charge in [-0.1, -0.05) is 48.2 Å². The van der Waals surface area contributed by atoms with Crippen molar-refractivity contribution in [3.05, 3.63) is 77.2 Å². The Balaban J connectivity index is 1.43. The molecule has 0 bridgehead atoms. The van der Waals surface area contributed by atoms with E-state index in [-0.39, 0.29) is 30.9 Å². The van der Waals surface area contributed by atoms with Crippen molar-refractivity contribution < 1.29 is 23.9 Å². The lowest BCUT2D eigenvalue weighted by atomic mass is 9.60. The van der Waals surface area contributed by atoms with Crippen molar-refractivity contribution in [1.29, 1.82) is 0 Å².